The van der Waals surface area contributed by atoms with Gasteiger partial charge >= 0.3 is 0 Å². The lowest BCUT2D eigenvalue weighted by Gasteiger charge is -2.16. The Morgan fingerprint density at radius 1 is 1.12 bits per heavy atom. The highest BCUT2D eigenvalue weighted by Gasteiger charge is 2.23. The van der Waals surface area contributed by atoms with Crippen molar-refractivity contribution in [3.05, 3.63) is 33.4 Å². The average Bonchev–Trinajstić information content (AvgIpc) is 2.17. The van der Waals surface area contributed by atoms with E-state index in [2.05, 4.69) is 27.9 Å². The number of rotatable bonds is 1. The Morgan fingerprint density at radius 3 is 2.06 bits per heavy atom. The van der Waals surface area contributed by atoms with Crippen LogP contribution in [0.5, 0.6) is 0 Å². The van der Waals surface area contributed by atoms with Crippen LogP contribution >= 0.6 is 22.6 Å². The molecule has 1 aromatic rings. The number of nitrogens with one attached hydrogen (secondary N) is 1. The molecule has 0 radical (unpaired) electrons. The normalized spacial score (nSPS) is 11.0. The molecule has 0 spiro atoms. The summed E-state index contributed by atoms with van der Waals surface area (Å²) in [6.45, 7) is 5.30. The van der Waals surface area contributed by atoms with Gasteiger partial charge in [-0.25, -0.2) is 0 Å². The minimum Gasteiger partial charge on any atom is -0.292 e. The van der Waals surface area contributed by atoms with Gasteiger partial charge in [0.05, 0.1) is 0 Å². The van der Waals surface area contributed by atoms with Gasteiger partial charge in [-0.3, -0.25) is 14.9 Å². The summed E-state index contributed by atoms with van der Waals surface area (Å²) in [5.41, 5.74) is -0.0585. The third kappa shape index (κ3) is 3.59. The average molecular weight is 331 g/mol. The molecule has 0 unspecified atom stereocenters. The smallest absolute Gasteiger partial charge is 0.257 e. The van der Waals surface area contributed by atoms with Crippen molar-refractivity contribution >= 4 is 34.4 Å². The van der Waals surface area contributed by atoms with Crippen molar-refractivity contribution in [2.45, 2.75) is 20.8 Å². The van der Waals surface area contributed by atoms with Gasteiger partial charge in [0.25, 0.3) is 5.91 Å². The second-order valence-corrected chi connectivity index (χ2v) is 5.79. The summed E-state index contributed by atoms with van der Waals surface area (Å²) in [6.07, 6.45) is 0. The number of carbonyl (C=O) groups is 2. The van der Waals surface area contributed by atoms with Crippen LogP contribution in [-0.4, -0.2) is 11.8 Å². The van der Waals surface area contributed by atoms with Crippen molar-refractivity contribution in [1.29, 1.82) is 0 Å². The fourth-order valence-electron chi connectivity index (χ4n) is 0.964. The van der Waals surface area contributed by atoms with Crippen molar-refractivity contribution in [2.75, 3.05) is 0 Å². The zero-order valence-corrected chi connectivity index (χ0v) is 11.7. The van der Waals surface area contributed by atoms with Crippen molar-refractivity contribution in [3.63, 3.8) is 0 Å². The van der Waals surface area contributed by atoms with Gasteiger partial charge in [0.2, 0.25) is 5.91 Å². The van der Waals surface area contributed by atoms with Crippen LogP contribution in [0.3, 0.4) is 0 Å². The lowest BCUT2D eigenvalue weighted by molar-refractivity contribution is -0.127. The molecule has 4 heteroatoms. The Kier molecular flexibility index (Phi) is 4.07. The van der Waals surface area contributed by atoms with Crippen molar-refractivity contribution in [1.82, 2.24) is 5.32 Å². The predicted molar refractivity (Wildman–Crippen MR) is 71.1 cm³/mol. The van der Waals surface area contributed by atoms with E-state index < -0.39 is 5.41 Å². The monoisotopic (exact) mass is 331 g/mol. The maximum Gasteiger partial charge on any atom is 0.257 e. The second kappa shape index (κ2) is 4.95. The first kappa shape index (κ1) is 13.2. The Balaban J connectivity index is 2.74. The Hall–Kier alpha value is -0.910. The largest absolute Gasteiger partial charge is 0.292 e. The van der Waals surface area contributed by atoms with E-state index in [0.29, 0.717) is 5.56 Å². The summed E-state index contributed by atoms with van der Waals surface area (Å²) in [6, 6.07) is 7.06. The number of hydrogen-bond acceptors (Lipinski definition) is 2. The molecule has 0 atom stereocenters. The number of carbonyl (C=O) groups excluding carboxylic acids is 2. The van der Waals surface area contributed by atoms with Crippen molar-refractivity contribution in [2.24, 2.45) is 5.41 Å². The molecule has 0 aliphatic heterocycles. The van der Waals surface area contributed by atoms with E-state index in [1.807, 2.05) is 12.1 Å². The molecule has 0 heterocycles. The molecule has 1 aromatic carbocycles. The molecule has 0 aromatic heterocycles. The summed E-state index contributed by atoms with van der Waals surface area (Å²) < 4.78 is 1.05. The van der Waals surface area contributed by atoms with Gasteiger partial charge in [0.15, 0.2) is 0 Å². The van der Waals surface area contributed by atoms with Gasteiger partial charge in [0, 0.05) is 14.5 Å². The molecular weight excluding hydrogens is 317 g/mol. The van der Waals surface area contributed by atoms with E-state index in [0.717, 1.165) is 3.57 Å². The Morgan fingerprint density at radius 2 is 1.62 bits per heavy atom. The first-order valence-electron chi connectivity index (χ1n) is 4.92. The Labute approximate surface area is 109 Å². The number of imide groups is 1. The minimum absolute atomic E-state index is 0.268. The molecule has 86 valence electrons. The maximum atomic E-state index is 11.7. The molecule has 3 nitrogen and oxygen atoms in total. The highest BCUT2D eigenvalue weighted by atomic mass is 127. The fraction of sp³-hybridized carbons (Fsp3) is 0.333. The van der Waals surface area contributed by atoms with Crippen LogP contribution in [0.15, 0.2) is 24.3 Å². The molecule has 2 amide bonds. The lowest BCUT2D eigenvalue weighted by atomic mass is 9.95. The van der Waals surface area contributed by atoms with Gasteiger partial charge in [-0.1, -0.05) is 20.8 Å². The molecule has 0 bridgehead atoms. The number of halogens is 1. The third-order valence-corrected chi connectivity index (χ3v) is 2.73. The molecule has 0 fully saturated rings. The van der Waals surface area contributed by atoms with E-state index in [-0.39, 0.29) is 11.8 Å². The number of benzene rings is 1. The minimum atomic E-state index is -0.557. The molecular formula is C12H14INO2. The van der Waals surface area contributed by atoms with Crippen molar-refractivity contribution in [3.8, 4) is 0 Å². The van der Waals surface area contributed by atoms with Crippen molar-refractivity contribution < 1.29 is 9.59 Å². The van der Waals surface area contributed by atoms with Crippen LogP contribution in [0.4, 0.5) is 0 Å². The highest BCUT2D eigenvalue weighted by molar-refractivity contribution is 14.1. The molecule has 1 rings (SSSR count). The summed E-state index contributed by atoms with van der Waals surface area (Å²) in [4.78, 5) is 23.3. The van der Waals surface area contributed by atoms with Gasteiger partial charge in [0.1, 0.15) is 0 Å². The fourth-order valence-corrected chi connectivity index (χ4v) is 1.32. The van der Waals surface area contributed by atoms with Gasteiger partial charge in [-0.15, -0.1) is 0 Å². The van der Waals surface area contributed by atoms with E-state index in [1.54, 1.807) is 32.9 Å². The van der Waals surface area contributed by atoms with Crippen LogP contribution in [0.25, 0.3) is 0 Å². The number of hydrogen-bond donors (Lipinski definition) is 1. The van der Waals surface area contributed by atoms with Crippen LogP contribution in [0.2, 0.25) is 0 Å². The van der Waals surface area contributed by atoms with Gasteiger partial charge < -0.3 is 0 Å². The maximum absolute atomic E-state index is 11.7. The summed E-state index contributed by atoms with van der Waals surface area (Å²) in [5, 5.41) is 2.38. The highest BCUT2D eigenvalue weighted by Crippen LogP contribution is 2.13. The molecule has 0 aliphatic rings. The lowest BCUT2D eigenvalue weighted by Crippen LogP contribution is -2.38. The van der Waals surface area contributed by atoms with Crippen LogP contribution in [0, 0.1) is 8.99 Å². The SMILES string of the molecule is CC(C)(C)C(=O)NC(=O)c1ccc(I)cc1. The first-order valence-corrected chi connectivity index (χ1v) is 6.00. The zero-order valence-electron chi connectivity index (χ0n) is 9.50. The van der Waals surface area contributed by atoms with E-state index in [1.165, 1.54) is 0 Å². The molecule has 0 saturated heterocycles. The van der Waals surface area contributed by atoms with Gasteiger partial charge in [-0.05, 0) is 46.9 Å². The summed E-state index contributed by atoms with van der Waals surface area (Å²) >= 11 is 2.16. The summed E-state index contributed by atoms with van der Waals surface area (Å²) in [7, 11) is 0. The van der Waals surface area contributed by atoms with Crippen LogP contribution in [-0.2, 0) is 4.79 Å². The second-order valence-electron chi connectivity index (χ2n) is 4.54. The molecule has 0 saturated carbocycles. The molecule has 1 N–H and O–H groups in total. The van der Waals surface area contributed by atoms with Crippen LogP contribution < -0.4 is 5.32 Å². The zero-order chi connectivity index (χ0) is 12.3. The topological polar surface area (TPSA) is 46.2 Å². The number of amides is 2. The Bertz CT molecular complexity index is 404. The van der Waals surface area contributed by atoms with E-state index in [4.69, 9.17) is 0 Å². The van der Waals surface area contributed by atoms with E-state index >= 15 is 0 Å². The van der Waals surface area contributed by atoms with Gasteiger partial charge in [-0.2, -0.15) is 0 Å². The molecule has 0 aliphatic carbocycles. The molecule has 16 heavy (non-hydrogen) atoms. The third-order valence-electron chi connectivity index (χ3n) is 2.01. The standard InChI is InChI=1S/C12H14INO2/c1-12(2,3)11(16)14-10(15)8-4-6-9(13)7-5-8/h4-7H,1-3H3,(H,14,15,16). The predicted octanol–water partition coefficient (Wildman–Crippen LogP) is 2.59. The summed E-state index contributed by atoms with van der Waals surface area (Å²) in [5.74, 6) is -0.618. The quantitative estimate of drug-likeness (QED) is 0.804. The van der Waals surface area contributed by atoms with E-state index in [9.17, 15) is 9.59 Å². The van der Waals surface area contributed by atoms with Crippen LogP contribution in [0.1, 0.15) is 31.1 Å². The first-order chi connectivity index (χ1) is 7.30.